The second-order valence-corrected chi connectivity index (χ2v) is 7.25. The van der Waals surface area contributed by atoms with Crippen molar-refractivity contribution in [2.24, 2.45) is 0 Å². The van der Waals surface area contributed by atoms with E-state index in [9.17, 15) is 19.7 Å². The van der Waals surface area contributed by atoms with Crippen molar-refractivity contribution in [2.75, 3.05) is 0 Å². The average molecular weight is 418 g/mol. The Morgan fingerprint density at radius 2 is 1.55 bits per heavy atom. The molecule has 0 fully saturated rings. The molecule has 3 rings (SSSR count). The van der Waals surface area contributed by atoms with E-state index in [1.807, 2.05) is 26.0 Å². The van der Waals surface area contributed by atoms with Gasteiger partial charge in [-0.05, 0) is 50.1 Å². The quantitative estimate of drug-likeness (QED) is 0.268. The molecule has 1 amide bonds. The molecular formula is C24H22N2O5. The number of hydrogen-bond acceptors (Lipinski definition) is 5. The highest BCUT2D eigenvalue weighted by Crippen LogP contribution is 2.23. The molecule has 7 heteroatoms. The maximum atomic E-state index is 12.5. The zero-order chi connectivity index (χ0) is 22.5. The third kappa shape index (κ3) is 5.33. The number of nitrogens with one attached hydrogen (secondary N) is 1. The van der Waals surface area contributed by atoms with Crippen LogP contribution in [0.1, 0.15) is 38.8 Å². The second kappa shape index (κ2) is 9.21. The van der Waals surface area contributed by atoms with Gasteiger partial charge < -0.3 is 10.1 Å². The van der Waals surface area contributed by atoms with Gasteiger partial charge in [0.2, 0.25) is 0 Å². The van der Waals surface area contributed by atoms with Crippen molar-refractivity contribution in [1.29, 1.82) is 0 Å². The summed E-state index contributed by atoms with van der Waals surface area (Å²) >= 11 is 0. The molecule has 0 saturated heterocycles. The van der Waals surface area contributed by atoms with E-state index in [0.29, 0.717) is 5.56 Å². The van der Waals surface area contributed by atoms with E-state index in [2.05, 4.69) is 23.5 Å². The minimum atomic E-state index is -0.973. The van der Waals surface area contributed by atoms with E-state index < -0.39 is 23.0 Å². The van der Waals surface area contributed by atoms with E-state index in [-0.39, 0.29) is 11.3 Å². The molecule has 31 heavy (non-hydrogen) atoms. The molecule has 0 heterocycles. The summed E-state index contributed by atoms with van der Waals surface area (Å²) in [5.41, 5.74) is 4.24. The first-order chi connectivity index (χ1) is 14.7. The lowest BCUT2D eigenvalue weighted by Crippen LogP contribution is -2.36. The fraction of sp³-hybridized carbons (Fsp3) is 0.167. The van der Waals surface area contributed by atoms with Crippen molar-refractivity contribution in [2.45, 2.75) is 27.0 Å². The summed E-state index contributed by atoms with van der Waals surface area (Å²) in [7, 11) is 0. The van der Waals surface area contributed by atoms with E-state index >= 15 is 0 Å². The molecule has 0 bridgehead atoms. The van der Waals surface area contributed by atoms with Crippen molar-refractivity contribution < 1.29 is 19.2 Å². The minimum absolute atomic E-state index is 0.175. The molecule has 0 spiro atoms. The molecule has 0 aromatic heterocycles. The zero-order valence-electron chi connectivity index (χ0n) is 17.4. The van der Waals surface area contributed by atoms with Crippen LogP contribution in [-0.4, -0.2) is 23.0 Å². The lowest BCUT2D eigenvalue weighted by atomic mass is 10.00. The monoisotopic (exact) mass is 418 g/mol. The van der Waals surface area contributed by atoms with E-state index in [1.165, 1.54) is 31.2 Å². The predicted molar refractivity (Wildman–Crippen MR) is 117 cm³/mol. The van der Waals surface area contributed by atoms with Crippen LogP contribution in [-0.2, 0) is 4.74 Å². The molecule has 0 aliphatic carbocycles. The highest BCUT2D eigenvalue weighted by molar-refractivity contribution is 5.96. The molecule has 0 aliphatic heterocycles. The summed E-state index contributed by atoms with van der Waals surface area (Å²) in [5, 5.41) is 13.6. The topological polar surface area (TPSA) is 98.5 Å². The van der Waals surface area contributed by atoms with Crippen LogP contribution in [0.25, 0.3) is 11.1 Å². The SMILES string of the molecule is Cc1cc(C)cc(-c2ccc(C(=O)NC(C)OC(=O)c3ccccc3[N+](=O)[O-])cc2)c1. The Labute approximate surface area is 179 Å². The largest absolute Gasteiger partial charge is 0.438 e. The number of hydrogen-bond donors (Lipinski definition) is 1. The van der Waals surface area contributed by atoms with Crippen LogP contribution in [0.3, 0.4) is 0 Å². The molecule has 0 radical (unpaired) electrons. The van der Waals surface area contributed by atoms with Crippen LogP contribution in [0, 0.1) is 24.0 Å². The van der Waals surface area contributed by atoms with Gasteiger partial charge in [-0.25, -0.2) is 4.79 Å². The normalized spacial score (nSPS) is 11.5. The Kier molecular flexibility index (Phi) is 6.45. The molecule has 1 unspecified atom stereocenters. The predicted octanol–water partition coefficient (Wildman–Crippen LogP) is 4.81. The molecule has 7 nitrogen and oxygen atoms in total. The summed E-state index contributed by atoms with van der Waals surface area (Å²) < 4.78 is 5.16. The Morgan fingerprint density at radius 3 is 2.16 bits per heavy atom. The number of ether oxygens (including phenoxy) is 1. The number of amides is 1. The maximum absolute atomic E-state index is 12.5. The zero-order valence-corrected chi connectivity index (χ0v) is 17.4. The Bertz CT molecular complexity index is 1120. The lowest BCUT2D eigenvalue weighted by Gasteiger charge is -2.15. The lowest BCUT2D eigenvalue weighted by molar-refractivity contribution is -0.385. The van der Waals surface area contributed by atoms with Gasteiger partial charge in [0.15, 0.2) is 6.23 Å². The van der Waals surface area contributed by atoms with E-state index in [4.69, 9.17) is 4.74 Å². The van der Waals surface area contributed by atoms with Gasteiger partial charge >= 0.3 is 5.97 Å². The fourth-order valence-corrected chi connectivity index (χ4v) is 3.28. The summed E-state index contributed by atoms with van der Waals surface area (Å²) in [5.74, 6) is -1.31. The highest BCUT2D eigenvalue weighted by Gasteiger charge is 2.23. The number of carbonyl (C=O) groups excluding carboxylic acids is 2. The van der Waals surface area contributed by atoms with Gasteiger partial charge in [-0.1, -0.05) is 53.6 Å². The van der Waals surface area contributed by atoms with Gasteiger partial charge in [-0.3, -0.25) is 14.9 Å². The number of rotatable bonds is 6. The Morgan fingerprint density at radius 1 is 0.935 bits per heavy atom. The molecule has 0 aliphatic rings. The number of nitro groups is 1. The van der Waals surface area contributed by atoms with Crippen molar-refractivity contribution in [3.8, 4) is 11.1 Å². The number of aryl methyl sites for hydroxylation is 2. The molecule has 1 atom stereocenters. The minimum Gasteiger partial charge on any atom is -0.438 e. The van der Waals surface area contributed by atoms with E-state index in [1.54, 1.807) is 12.1 Å². The van der Waals surface area contributed by atoms with Crippen molar-refractivity contribution in [1.82, 2.24) is 5.32 Å². The standard InChI is InChI=1S/C24H22N2O5/c1-15-12-16(2)14-20(13-15)18-8-10-19(11-9-18)23(27)25-17(3)31-24(28)21-6-4-5-7-22(21)26(29)30/h4-14,17H,1-3H3,(H,25,27). The summed E-state index contributed by atoms with van der Waals surface area (Å²) in [6, 6.07) is 18.8. The molecule has 3 aromatic carbocycles. The number of nitro benzene ring substituents is 1. The van der Waals surface area contributed by atoms with Crippen LogP contribution in [0.4, 0.5) is 5.69 Å². The van der Waals surface area contributed by atoms with Crippen molar-refractivity contribution in [3.63, 3.8) is 0 Å². The number of benzene rings is 3. The smallest absolute Gasteiger partial charge is 0.347 e. The van der Waals surface area contributed by atoms with Crippen molar-refractivity contribution in [3.05, 3.63) is 99.1 Å². The van der Waals surface area contributed by atoms with Gasteiger partial charge in [0.05, 0.1) is 4.92 Å². The highest BCUT2D eigenvalue weighted by atomic mass is 16.6. The number of carbonyl (C=O) groups is 2. The van der Waals surface area contributed by atoms with Crippen LogP contribution in [0.5, 0.6) is 0 Å². The first kappa shape index (κ1) is 21.7. The van der Waals surface area contributed by atoms with E-state index in [0.717, 1.165) is 22.3 Å². The molecule has 1 N–H and O–H groups in total. The molecular weight excluding hydrogens is 396 g/mol. The molecule has 3 aromatic rings. The van der Waals surface area contributed by atoms with Crippen LogP contribution in [0.2, 0.25) is 0 Å². The average Bonchev–Trinajstić information content (AvgIpc) is 2.73. The number of esters is 1. The fourth-order valence-electron chi connectivity index (χ4n) is 3.28. The van der Waals surface area contributed by atoms with Gasteiger partial charge in [0, 0.05) is 11.6 Å². The number of nitrogens with zero attached hydrogens (tertiary/aromatic N) is 1. The number of para-hydroxylation sites is 1. The summed E-state index contributed by atoms with van der Waals surface area (Å²) in [6.45, 7) is 5.55. The Balaban J connectivity index is 1.66. The second-order valence-electron chi connectivity index (χ2n) is 7.25. The van der Waals surface area contributed by atoms with Gasteiger partial charge in [-0.2, -0.15) is 0 Å². The van der Waals surface area contributed by atoms with Crippen molar-refractivity contribution >= 4 is 17.6 Å². The van der Waals surface area contributed by atoms with Gasteiger partial charge in [0.25, 0.3) is 11.6 Å². The summed E-state index contributed by atoms with van der Waals surface area (Å²) in [6.07, 6.45) is -0.973. The van der Waals surface area contributed by atoms with Crippen LogP contribution < -0.4 is 5.32 Å². The maximum Gasteiger partial charge on any atom is 0.347 e. The summed E-state index contributed by atoms with van der Waals surface area (Å²) in [4.78, 5) is 35.2. The van der Waals surface area contributed by atoms with Gasteiger partial charge in [0.1, 0.15) is 5.56 Å². The van der Waals surface area contributed by atoms with Gasteiger partial charge in [-0.15, -0.1) is 0 Å². The third-order valence-corrected chi connectivity index (χ3v) is 4.64. The Hall–Kier alpha value is -4.00. The molecule has 0 saturated carbocycles. The first-order valence-corrected chi connectivity index (χ1v) is 9.68. The van der Waals surface area contributed by atoms with Crippen LogP contribution >= 0.6 is 0 Å². The molecule has 158 valence electrons. The third-order valence-electron chi connectivity index (χ3n) is 4.64. The first-order valence-electron chi connectivity index (χ1n) is 9.68. The van der Waals surface area contributed by atoms with Crippen LogP contribution in [0.15, 0.2) is 66.7 Å².